The fourth-order valence-electron chi connectivity index (χ4n) is 1.42. The lowest BCUT2D eigenvalue weighted by Crippen LogP contribution is -2.27. The van der Waals surface area contributed by atoms with Crippen LogP contribution >= 0.6 is 15.9 Å². The van der Waals surface area contributed by atoms with Gasteiger partial charge in [0, 0.05) is 10.7 Å². The lowest BCUT2D eigenvalue weighted by Gasteiger charge is -2.19. The van der Waals surface area contributed by atoms with Crippen LogP contribution in [0.3, 0.4) is 0 Å². The van der Waals surface area contributed by atoms with Crippen molar-refractivity contribution in [3.05, 3.63) is 28.5 Å². The van der Waals surface area contributed by atoms with Gasteiger partial charge in [-0.25, -0.2) is 0 Å². The summed E-state index contributed by atoms with van der Waals surface area (Å²) in [5, 5.41) is 3.38. The first-order valence-electron chi connectivity index (χ1n) is 5.60. The van der Waals surface area contributed by atoms with Gasteiger partial charge in [0.05, 0.1) is 24.4 Å². The van der Waals surface area contributed by atoms with Crippen LogP contribution in [0.15, 0.2) is 22.8 Å². The van der Waals surface area contributed by atoms with Crippen molar-refractivity contribution in [2.75, 3.05) is 13.2 Å². The number of halogens is 1. The topological polar surface area (TPSA) is 34.1 Å². The zero-order valence-electron chi connectivity index (χ0n) is 10.0. The van der Waals surface area contributed by atoms with Gasteiger partial charge in [0.2, 0.25) is 0 Å². The minimum absolute atomic E-state index is 0.142. The maximum Gasteiger partial charge on any atom is 0.0744 e. The van der Waals surface area contributed by atoms with Gasteiger partial charge in [-0.15, -0.1) is 0 Å². The highest BCUT2D eigenvalue weighted by atomic mass is 79.9. The highest BCUT2D eigenvalue weighted by molar-refractivity contribution is 9.10. The Morgan fingerprint density at radius 3 is 2.81 bits per heavy atom. The Morgan fingerprint density at radius 1 is 1.50 bits per heavy atom. The van der Waals surface area contributed by atoms with Gasteiger partial charge in [0.15, 0.2) is 0 Å². The Balaban J connectivity index is 2.73. The number of hydrogen-bond donors (Lipinski definition) is 1. The summed E-state index contributed by atoms with van der Waals surface area (Å²) in [5.41, 5.74) is 1.00. The predicted molar refractivity (Wildman–Crippen MR) is 69.4 cm³/mol. The molecule has 0 saturated carbocycles. The molecule has 1 heterocycles. The van der Waals surface area contributed by atoms with E-state index >= 15 is 0 Å². The van der Waals surface area contributed by atoms with Gasteiger partial charge in [-0.05, 0) is 48.5 Å². The van der Waals surface area contributed by atoms with Gasteiger partial charge in [-0.2, -0.15) is 0 Å². The summed E-state index contributed by atoms with van der Waals surface area (Å²) in [6.07, 6.45) is 2.04. The van der Waals surface area contributed by atoms with E-state index in [1.807, 2.05) is 26.0 Å². The summed E-state index contributed by atoms with van der Waals surface area (Å²) in [4.78, 5) is 4.39. The molecule has 0 spiro atoms. The molecule has 1 aromatic heterocycles. The Bertz CT molecular complexity index is 318. The molecule has 0 fully saturated rings. The maximum atomic E-state index is 5.64. The number of ether oxygens (including phenoxy) is 1. The molecule has 0 aromatic carbocycles. The summed E-state index contributed by atoms with van der Waals surface area (Å²) in [6, 6.07) is 4.06. The summed E-state index contributed by atoms with van der Waals surface area (Å²) in [5.74, 6) is 0. The summed E-state index contributed by atoms with van der Waals surface area (Å²) in [7, 11) is 0. The summed E-state index contributed by atoms with van der Waals surface area (Å²) in [6.45, 7) is 7.70. The normalized spacial score (nSPS) is 13.1. The largest absolute Gasteiger partial charge is 0.377 e. The van der Waals surface area contributed by atoms with Gasteiger partial charge in [0.25, 0.3) is 0 Å². The Hall–Kier alpha value is -0.450. The van der Waals surface area contributed by atoms with Crippen molar-refractivity contribution >= 4 is 15.9 Å². The zero-order valence-corrected chi connectivity index (χ0v) is 11.6. The number of likely N-dealkylation sites (N-methyl/N-ethyl adjacent to an activating group) is 1. The van der Waals surface area contributed by atoms with Crippen LogP contribution < -0.4 is 5.32 Å². The van der Waals surface area contributed by atoms with E-state index in [1.165, 1.54) is 0 Å². The van der Waals surface area contributed by atoms with Gasteiger partial charge >= 0.3 is 0 Å². The van der Waals surface area contributed by atoms with E-state index in [0.717, 1.165) is 16.7 Å². The van der Waals surface area contributed by atoms with Gasteiger partial charge in [-0.1, -0.05) is 6.92 Å². The minimum Gasteiger partial charge on any atom is -0.377 e. The predicted octanol–water partition coefficient (Wildman–Crippen LogP) is 2.92. The molecule has 0 aliphatic rings. The van der Waals surface area contributed by atoms with E-state index in [-0.39, 0.29) is 12.1 Å². The van der Waals surface area contributed by atoms with Crippen molar-refractivity contribution in [3.8, 4) is 0 Å². The van der Waals surface area contributed by atoms with E-state index in [4.69, 9.17) is 4.74 Å². The molecule has 3 nitrogen and oxygen atoms in total. The highest BCUT2D eigenvalue weighted by Crippen LogP contribution is 2.21. The molecule has 0 radical (unpaired) electrons. The number of pyridine rings is 1. The molecule has 1 unspecified atom stereocenters. The molecule has 1 atom stereocenters. The van der Waals surface area contributed by atoms with Crippen LogP contribution in [0.5, 0.6) is 0 Å². The second-order valence-electron chi connectivity index (χ2n) is 3.86. The molecular weight excluding hydrogens is 268 g/mol. The molecule has 16 heavy (non-hydrogen) atoms. The molecular formula is C12H19BrN2O. The van der Waals surface area contributed by atoms with Crippen LogP contribution in [0, 0.1) is 0 Å². The average Bonchev–Trinajstić information content (AvgIpc) is 2.25. The van der Waals surface area contributed by atoms with Crippen LogP contribution in [-0.4, -0.2) is 24.2 Å². The monoisotopic (exact) mass is 286 g/mol. The fourth-order valence-corrected chi connectivity index (χ4v) is 1.96. The molecule has 0 bridgehead atoms. The molecule has 1 rings (SSSR count). The van der Waals surface area contributed by atoms with Crippen molar-refractivity contribution < 1.29 is 4.74 Å². The average molecular weight is 287 g/mol. The smallest absolute Gasteiger partial charge is 0.0744 e. The Morgan fingerprint density at radius 2 is 2.25 bits per heavy atom. The van der Waals surface area contributed by atoms with E-state index in [2.05, 4.69) is 33.2 Å². The van der Waals surface area contributed by atoms with Crippen LogP contribution in [0.25, 0.3) is 0 Å². The first kappa shape index (κ1) is 13.6. The maximum absolute atomic E-state index is 5.64. The van der Waals surface area contributed by atoms with Crippen molar-refractivity contribution in [1.82, 2.24) is 10.3 Å². The third kappa shape index (κ3) is 4.20. The minimum atomic E-state index is 0.142. The van der Waals surface area contributed by atoms with Crippen molar-refractivity contribution in [2.45, 2.75) is 32.9 Å². The zero-order chi connectivity index (χ0) is 12.0. The second kappa shape index (κ2) is 6.99. The first-order valence-corrected chi connectivity index (χ1v) is 6.39. The number of aromatic nitrogens is 1. The number of hydrogen-bond acceptors (Lipinski definition) is 3. The quantitative estimate of drug-likeness (QED) is 0.873. The third-order valence-electron chi connectivity index (χ3n) is 2.16. The van der Waals surface area contributed by atoms with E-state index < -0.39 is 0 Å². The highest BCUT2D eigenvalue weighted by Gasteiger charge is 2.15. The molecule has 1 N–H and O–H groups in total. The number of nitrogens with zero attached hydrogens (tertiary/aromatic N) is 1. The summed E-state index contributed by atoms with van der Waals surface area (Å²) >= 11 is 3.52. The molecule has 0 aliphatic carbocycles. The second-order valence-corrected chi connectivity index (χ2v) is 4.72. The van der Waals surface area contributed by atoms with Crippen LogP contribution in [0.1, 0.15) is 32.5 Å². The van der Waals surface area contributed by atoms with Gasteiger partial charge < -0.3 is 10.1 Å². The molecule has 90 valence electrons. The first-order chi connectivity index (χ1) is 7.65. The van der Waals surface area contributed by atoms with Crippen LogP contribution in [-0.2, 0) is 4.74 Å². The van der Waals surface area contributed by atoms with E-state index in [9.17, 15) is 0 Å². The summed E-state index contributed by atoms with van der Waals surface area (Å²) < 4.78 is 6.66. The van der Waals surface area contributed by atoms with Gasteiger partial charge in [0.1, 0.15) is 0 Å². The lowest BCUT2D eigenvalue weighted by molar-refractivity contribution is 0.0605. The standard InChI is InChI=1S/C12H19BrN2O/c1-4-14-11(8-16-9(2)3)12-10(13)6-5-7-15-12/h5-7,9,11,14H,4,8H2,1-3H3. The Labute approximate surface area is 106 Å². The molecule has 4 heteroatoms. The molecule has 0 aliphatic heterocycles. The van der Waals surface area contributed by atoms with Crippen LogP contribution in [0.4, 0.5) is 0 Å². The van der Waals surface area contributed by atoms with Crippen molar-refractivity contribution in [2.24, 2.45) is 0 Å². The molecule has 0 amide bonds. The van der Waals surface area contributed by atoms with Crippen LogP contribution in [0.2, 0.25) is 0 Å². The number of nitrogens with one attached hydrogen (secondary N) is 1. The third-order valence-corrected chi connectivity index (χ3v) is 2.83. The fraction of sp³-hybridized carbons (Fsp3) is 0.583. The van der Waals surface area contributed by atoms with Crippen molar-refractivity contribution in [1.29, 1.82) is 0 Å². The SMILES string of the molecule is CCNC(COC(C)C)c1ncccc1Br. The van der Waals surface area contributed by atoms with Gasteiger partial charge in [-0.3, -0.25) is 4.98 Å². The number of rotatable bonds is 6. The Kier molecular flexibility index (Phi) is 5.95. The van der Waals surface area contributed by atoms with E-state index in [1.54, 1.807) is 6.20 Å². The van der Waals surface area contributed by atoms with Crippen molar-refractivity contribution in [3.63, 3.8) is 0 Å². The molecule has 1 aromatic rings. The molecule has 0 saturated heterocycles. The lowest BCUT2D eigenvalue weighted by atomic mass is 10.2. The van der Waals surface area contributed by atoms with E-state index in [0.29, 0.717) is 6.61 Å².